The molecule has 0 spiro atoms. The summed E-state index contributed by atoms with van der Waals surface area (Å²) in [7, 11) is 1.55. The fraction of sp³-hybridized carbons (Fsp3) is 0.200. The Morgan fingerprint density at radius 2 is 2.10 bits per heavy atom. The fourth-order valence-corrected chi connectivity index (χ4v) is 2.09. The van der Waals surface area contributed by atoms with E-state index < -0.39 is 0 Å². The third kappa shape index (κ3) is 3.95. The zero-order valence-corrected chi connectivity index (χ0v) is 13.3. The summed E-state index contributed by atoms with van der Waals surface area (Å²) in [6, 6.07) is 10.4. The maximum atomic E-state index is 12.1. The molecule has 110 valence electrons. The number of rotatable bonds is 5. The molecule has 0 aliphatic rings. The number of aromatic nitrogens is 1. The SMILES string of the molecule is CCOc1ccc(NC(=O)c2cccc(Br)n2)cc1OC. The highest BCUT2D eigenvalue weighted by molar-refractivity contribution is 9.10. The highest BCUT2D eigenvalue weighted by Crippen LogP contribution is 2.30. The molecule has 0 saturated heterocycles. The van der Waals surface area contributed by atoms with Gasteiger partial charge in [0.2, 0.25) is 0 Å². The molecule has 0 radical (unpaired) electrons. The van der Waals surface area contributed by atoms with Crippen LogP contribution in [0.25, 0.3) is 0 Å². The maximum Gasteiger partial charge on any atom is 0.274 e. The summed E-state index contributed by atoms with van der Waals surface area (Å²) >= 11 is 3.24. The molecule has 0 unspecified atom stereocenters. The average molecular weight is 351 g/mol. The van der Waals surface area contributed by atoms with Gasteiger partial charge in [0, 0.05) is 11.8 Å². The first-order valence-electron chi connectivity index (χ1n) is 6.38. The first-order chi connectivity index (χ1) is 10.1. The second kappa shape index (κ2) is 7.08. The molecule has 21 heavy (non-hydrogen) atoms. The van der Waals surface area contributed by atoms with E-state index in [9.17, 15) is 4.79 Å². The Kier molecular flexibility index (Phi) is 5.16. The Morgan fingerprint density at radius 3 is 2.76 bits per heavy atom. The summed E-state index contributed by atoms with van der Waals surface area (Å²) in [4.78, 5) is 16.2. The van der Waals surface area contributed by atoms with E-state index in [1.54, 1.807) is 43.5 Å². The molecule has 1 aromatic carbocycles. The molecular weight excluding hydrogens is 336 g/mol. The highest BCUT2D eigenvalue weighted by Gasteiger charge is 2.10. The van der Waals surface area contributed by atoms with Crippen LogP contribution in [0.1, 0.15) is 17.4 Å². The van der Waals surface area contributed by atoms with Crippen LogP contribution in [0.15, 0.2) is 41.0 Å². The van der Waals surface area contributed by atoms with Gasteiger partial charge in [-0.15, -0.1) is 0 Å². The standard InChI is InChI=1S/C15H15BrN2O3/c1-3-21-12-8-7-10(9-13(12)20-2)17-15(19)11-5-4-6-14(16)18-11/h4-9H,3H2,1-2H3,(H,17,19). The quantitative estimate of drug-likeness (QED) is 0.838. The number of ether oxygens (including phenoxy) is 2. The number of carbonyl (C=O) groups excluding carboxylic acids is 1. The monoisotopic (exact) mass is 350 g/mol. The van der Waals surface area contributed by atoms with E-state index in [-0.39, 0.29) is 5.91 Å². The number of nitrogens with zero attached hydrogens (tertiary/aromatic N) is 1. The number of anilines is 1. The lowest BCUT2D eigenvalue weighted by Gasteiger charge is -2.11. The van der Waals surface area contributed by atoms with Crippen LogP contribution in [0, 0.1) is 0 Å². The summed E-state index contributed by atoms with van der Waals surface area (Å²) in [6.45, 7) is 2.44. The summed E-state index contributed by atoms with van der Waals surface area (Å²) in [5.74, 6) is 0.915. The van der Waals surface area contributed by atoms with Crippen LogP contribution >= 0.6 is 15.9 Å². The smallest absolute Gasteiger partial charge is 0.274 e. The molecule has 2 rings (SSSR count). The minimum absolute atomic E-state index is 0.289. The molecule has 2 aromatic rings. The predicted molar refractivity (Wildman–Crippen MR) is 84.1 cm³/mol. The van der Waals surface area contributed by atoms with Crippen molar-refractivity contribution in [2.75, 3.05) is 19.0 Å². The van der Waals surface area contributed by atoms with Crippen LogP contribution in [-0.4, -0.2) is 24.6 Å². The van der Waals surface area contributed by atoms with Crippen LogP contribution in [0.4, 0.5) is 5.69 Å². The van der Waals surface area contributed by atoms with E-state index in [1.807, 2.05) is 6.92 Å². The van der Waals surface area contributed by atoms with Gasteiger partial charge in [-0.1, -0.05) is 6.07 Å². The molecule has 0 aliphatic carbocycles. The topological polar surface area (TPSA) is 60.5 Å². The molecule has 1 N–H and O–H groups in total. The second-order valence-corrected chi connectivity index (χ2v) is 4.91. The Labute approximate surface area is 131 Å². The van der Waals surface area contributed by atoms with Gasteiger partial charge in [0.1, 0.15) is 10.3 Å². The number of carbonyl (C=O) groups is 1. The molecule has 0 saturated carbocycles. The molecule has 1 amide bonds. The molecule has 0 fully saturated rings. The van der Waals surface area contributed by atoms with Gasteiger partial charge in [-0.25, -0.2) is 4.98 Å². The van der Waals surface area contributed by atoms with E-state index >= 15 is 0 Å². The number of nitrogens with one attached hydrogen (secondary N) is 1. The number of hydrogen-bond donors (Lipinski definition) is 1. The summed E-state index contributed by atoms with van der Waals surface area (Å²) < 4.78 is 11.3. The fourth-order valence-electron chi connectivity index (χ4n) is 1.75. The molecule has 0 atom stereocenters. The van der Waals surface area contributed by atoms with E-state index in [0.29, 0.717) is 34.1 Å². The number of benzene rings is 1. The predicted octanol–water partition coefficient (Wildman–Crippen LogP) is 3.50. The average Bonchev–Trinajstić information content (AvgIpc) is 2.49. The lowest BCUT2D eigenvalue weighted by atomic mass is 10.2. The minimum atomic E-state index is -0.289. The Morgan fingerprint density at radius 1 is 1.29 bits per heavy atom. The maximum absolute atomic E-state index is 12.1. The number of methoxy groups -OCH3 is 1. The Balaban J connectivity index is 2.17. The van der Waals surface area contributed by atoms with Crippen molar-refractivity contribution in [3.05, 3.63) is 46.7 Å². The number of halogens is 1. The molecule has 5 nitrogen and oxygen atoms in total. The number of amides is 1. The van der Waals surface area contributed by atoms with E-state index in [1.165, 1.54) is 0 Å². The lowest BCUT2D eigenvalue weighted by molar-refractivity contribution is 0.102. The Hall–Kier alpha value is -2.08. The van der Waals surface area contributed by atoms with Crippen molar-refractivity contribution in [1.29, 1.82) is 0 Å². The van der Waals surface area contributed by atoms with Crippen LogP contribution in [-0.2, 0) is 0 Å². The van der Waals surface area contributed by atoms with Crippen LogP contribution in [0.3, 0.4) is 0 Å². The number of pyridine rings is 1. The van der Waals surface area contributed by atoms with Crippen molar-refractivity contribution in [2.45, 2.75) is 6.92 Å². The largest absolute Gasteiger partial charge is 0.493 e. The first kappa shape index (κ1) is 15.3. The minimum Gasteiger partial charge on any atom is -0.493 e. The van der Waals surface area contributed by atoms with Crippen LogP contribution in [0.2, 0.25) is 0 Å². The molecule has 1 aromatic heterocycles. The summed E-state index contributed by atoms with van der Waals surface area (Å²) in [6.07, 6.45) is 0. The Bertz CT molecular complexity index is 647. The van der Waals surface area contributed by atoms with Crippen molar-refractivity contribution in [3.63, 3.8) is 0 Å². The van der Waals surface area contributed by atoms with Gasteiger partial charge < -0.3 is 14.8 Å². The van der Waals surface area contributed by atoms with Crippen molar-refractivity contribution < 1.29 is 14.3 Å². The van der Waals surface area contributed by atoms with E-state index in [4.69, 9.17) is 9.47 Å². The zero-order valence-electron chi connectivity index (χ0n) is 11.7. The van der Waals surface area contributed by atoms with Crippen LogP contribution in [0.5, 0.6) is 11.5 Å². The van der Waals surface area contributed by atoms with E-state index in [0.717, 1.165) is 0 Å². The molecule has 0 bridgehead atoms. The molecule has 0 aliphatic heterocycles. The first-order valence-corrected chi connectivity index (χ1v) is 7.18. The van der Waals surface area contributed by atoms with Gasteiger partial charge in [-0.05, 0) is 47.1 Å². The molecule has 1 heterocycles. The molecular formula is C15H15BrN2O3. The third-order valence-corrected chi connectivity index (χ3v) is 3.11. The molecule has 6 heteroatoms. The third-order valence-electron chi connectivity index (χ3n) is 2.67. The van der Waals surface area contributed by atoms with Crippen molar-refractivity contribution >= 4 is 27.5 Å². The lowest BCUT2D eigenvalue weighted by Crippen LogP contribution is -2.13. The van der Waals surface area contributed by atoms with Gasteiger partial charge in [0.25, 0.3) is 5.91 Å². The van der Waals surface area contributed by atoms with Crippen molar-refractivity contribution in [2.24, 2.45) is 0 Å². The zero-order chi connectivity index (χ0) is 15.2. The van der Waals surface area contributed by atoms with E-state index in [2.05, 4.69) is 26.2 Å². The summed E-state index contributed by atoms with van der Waals surface area (Å²) in [5.41, 5.74) is 0.944. The van der Waals surface area contributed by atoms with Gasteiger partial charge in [0.15, 0.2) is 11.5 Å². The van der Waals surface area contributed by atoms with Crippen LogP contribution < -0.4 is 14.8 Å². The highest BCUT2D eigenvalue weighted by atomic mass is 79.9. The normalized spacial score (nSPS) is 10.0. The number of hydrogen-bond acceptors (Lipinski definition) is 4. The summed E-state index contributed by atoms with van der Waals surface area (Å²) in [5, 5.41) is 2.77. The van der Waals surface area contributed by atoms with Gasteiger partial charge >= 0.3 is 0 Å². The van der Waals surface area contributed by atoms with Gasteiger partial charge in [-0.3, -0.25) is 4.79 Å². The van der Waals surface area contributed by atoms with Gasteiger partial charge in [-0.2, -0.15) is 0 Å². The van der Waals surface area contributed by atoms with Gasteiger partial charge in [0.05, 0.1) is 13.7 Å². The second-order valence-electron chi connectivity index (χ2n) is 4.10. The van der Waals surface area contributed by atoms with Crippen molar-refractivity contribution in [3.8, 4) is 11.5 Å². The van der Waals surface area contributed by atoms with Crippen molar-refractivity contribution in [1.82, 2.24) is 4.98 Å².